The minimum absolute atomic E-state index is 0.739. The summed E-state index contributed by atoms with van der Waals surface area (Å²) in [5.41, 5.74) is 3.66. The van der Waals surface area contributed by atoms with Gasteiger partial charge in [0.25, 0.3) is 0 Å². The third-order valence-electron chi connectivity index (χ3n) is 3.00. The Hall–Kier alpha value is -1.29. The molecule has 0 atom stereocenters. The average Bonchev–Trinajstić information content (AvgIpc) is 2.75. The van der Waals surface area contributed by atoms with Crippen molar-refractivity contribution in [3.63, 3.8) is 0 Å². The molecule has 0 radical (unpaired) electrons. The molecular formula is C14H18BrN3. The zero-order valence-corrected chi connectivity index (χ0v) is 12.6. The highest BCUT2D eigenvalue weighted by atomic mass is 79.9. The molecule has 1 heterocycles. The highest BCUT2D eigenvalue weighted by molar-refractivity contribution is 9.10. The quantitative estimate of drug-likeness (QED) is 0.928. The van der Waals surface area contributed by atoms with Gasteiger partial charge in [0.15, 0.2) is 0 Å². The Kier molecular flexibility index (Phi) is 4.07. The molecule has 0 unspecified atom stereocenters. The molecule has 1 aromatic carbocycles. The number of anilines is 1. The Morgan fingerprint density at radius 2 is 2.11 bits per heavy atom. The number of hydrogen-bond donors (Lipinski definition) is 1. The van der Waals surface area contributed by atoms with Crippen LogP contribution in [0.3, 0.4) is 0 Å². The molecule has 0 bridgehead atoms. The first-order chi connectivity index (χ1) is 8.61. The van der Waals surface area contributed by atoms with Gasteiger partial charge in [-0.2, -0.15) is 0 Å². The van der Waals surface area contributed by atoms with Crippen LogP contribution in [-0.2, 0) is 13.1 Å². The second kappa shape index (κ2) is 5.57. The SMILES string of the molecule is CCn1ccnc1CNc1c(C)cc(C)cc1Br. The van der Waals surface area contributed by atoms with E-state index < -0.39 is 0 Å². The number of rotatable bonds is 4. The van der Waals surface area contributed by atoms with Crippen molar-refractivity contribution in [2.75, 3.05) is 5.32 Å². The van der Waals surface area contributed by atoms with Crippen molar-refractivity contribution < 1.29 is 0 Å². The molecule has 0 spiro atoms. The minimum atomic E-state index is 0.739. The first-order valence-electron chi connectivity index (χ1n) is 6.12. The summed E-state index contributed by atoms with van der Waals surface area (Å²) in [5.74, 6) is 1.06. The van der Waals surface area contributed by atoms with Crippen LogP contribution in [0.2, 0.25) is 0 Å². The van der Waals surface area contributed by atoms with Crippen LogP contribution < -0.4 is 5.32 Å². The summed E-state index contributed by atoms with van der Waals surface area (Å²) in [6, 6.07) is 4.31. The topological polar surface area (TPSA) is 29.9 Å². The fourth-order valence-electron chi connectivity index (χ4n) is 2.10. The Morgan fingerprint density at radius 3 is 2.78 bits per heavy atom. The Morgan fingerprint density at radius 1 is 1.33 bits per heavy atom. The Labute approximate surface area is 116 Å². The van der Waals surface area contributed by atoms with Crippen LogP contribution in [0.15, 0.2) is 29.0 Å². The number of nitrogens with one attached hydrogen (secondary N) is 1. The van der Waals surface area contributed by atoms with Crippen molar-refractivity contribution in [1.29, 1.82) is 0 Å². The van der Waals surface area contributed by atoms with Gasteiger partial charge in [-0.25, -0.2) is 4.98 Å². The molecule has 0 amide bonds. The van der Waals surface area contributed by atoms with Crippen LogP contribution in [-0.4, -0.2) is 9.55 Å². The van der Waals surface area contributed by atoms with E-state index in [1.54, 1.807) is 0 Å². The van der Waals surface area contributed by atoms with E-state index in [0.717, 1.165) is 29.1 Å². The number of hydrogen-bond acceptors (Lipinski definition) is 2. The van der Waals surface area contributed by atoms with Crippen LogP contribution in [0.1, 0.15) is 23.9 Å². The molecule has 0 aliphatic heterocycles. The molecule has 0 aliphatic carbocycles. The highest BCUT2D eigenvalue weighted by Crippen LogP contribution is 2.28. The summed E-state index contributed by atoms with van der Waals surface area (Å²) in [4.78, 5) is 4.36. The second-order valence-electron chi connectivity index (χ2n) is 4.42. The average molecular weight is 308 g/mol. The molecule has 0 saturated carbocycles. The third kappa shape index (κ3) is 2.75. The lowest BCUT2D eigenvalue weighted by atomic mass is 10.1. The van der Waals surface area contributed by atoms with E-state index >= 15 is 0 Å². The van der Waals surface area contributed by atoms with Gasteiger partial charge in [-0.1, -0.05) is 6.07 Å². The van der Waals surface area contributed by atoms with Gasteiger partial charge in [0.05, 0.1) is 12.2 Å². The molecule has 96 valence electrons. The lowest BCUT2D eigenvalue weighted by molar-refractivity contribution is 0.708. The van der Waals surface area contributed by atoms with Gasteiger partial charge >= 0.3 is 0 Å². The van der Waals surface area contributed by atoms with Crippen LogP contribution >= 0.6 is 15.9 Å². The number of halogens is 1. The van der Waals surface area contributed by atoms with Gasteiger partial charge in [0, 0.05) is 23.4 Å². The molecule has 18 heavy (non-hydrogen) atoms. The minimum Gasteiger partial charge on any atom is -0.377 e. The monoisotopic (exact) mass is 307 g/mol. The summed E-state index contributed by atoms with van der Waals surface area (Å²) in [5, 5.41) is 3.46. The molecule has 1 aromatic heterocycles. The van der Waals surface area contributed by atoms with E-state index in [0.29, 0.717) is 0 Å². The van der Waals surface area contributed by atoms with Gasteiger partial charge < -0.3 is 9.88 Å². The zero-order chi connectivity index (χ0) is 13.1. The molecule has 1 N–H and O–H groups in total. The van der Waals surface area contributed by atoms with Gasteiger partial charge in [-0.15, -0.1) is 0 Å². The molecule has 0 aliphatic rings. The molecule has 0 saturated heterocycles. The number of benzene rings is 1. The predicted octanol–water partition coefficient (Wildman–Crippen LogP) is 3.89. The first kappa shape index (κ1) is 13.1. The fraction of sp³-hybridized carbons (Fsp3) is 0.357. The maximum absolute atomic E-state index is 4.36. The van der Waals surface area contributed by atoms with Crippen LogP contribution in [0.5, 0.6) is 0 Å². The van der Waals surface area contributed by atoms with E-state index in [1.807, 2.05) is 12.4 Å². The zero-order valence-electron chi connectivity index (χ0n) is 11.0. The largest absolute Gasteiger partial charge is 0.377 e. The van der Waals surface area contributed by atoms with E-state index in [9.17, 15) is 0 Å². The van der Waals surface area contributed by atoms with Crippen LogP contribution in [0.25, 0.3) is 0 Å². The third-order valence-corrected chi connectivity index (χ3v) is 3.62. The Bertz CT molecular complexity index is 523. The summed E-state index contributed by atoms with van der Waals surface area (Å²) in [6.45, 7) is 8.03. The predicted molar refractivity (Wildman–Crippen MR) is 78.8 cm³/mol. The molecule has 2 aromatic rings. The van der Waals surface area contributed by atoms with Crippen molar-refractivity contribution in [2.45, 2.75) is 33.9 Å². The van der Waals surface area contributed by atoms with Crippen molar-refractivity contribution in [1.82, 2.24) is 9.55 Å². The molecular weight excluding hydrogens is 290 g/mol. The first-order valence-corrected chi connectivity index (χ1v) is 6.91. The second-order valence-corrected chi connectivity index (χ2v) is 5.28. The number of aryl methyl sites for hydroxylation is 3. The van der Waals surface area contributed by atoms with Crippen LogP contribution in [0, 0.1) is 13.8 Å². The van der Waals surface area contributed by atoms with Gasteiger partial charge in [-0.05, 0) is 53.9 Å². The summed E-state index contributed by atoms with van der Waals surface area (Å²) in [7, 11) is 0. The van der Waals surface area contributed by atoms with Gasteiger partial charge in [0.2, 0.25) is 0 Å². The van der Waals surface area contributed by atoms with E-state index in [4.69, 9.17) is 0 Å². The van der Waals surface area contributed by atoms with Crippen LogP contribution in [0.4, 0.5) is 5.69 Å². The summed E-state index contributed by atoms with van der Waals surface area (Å²) in [6.07, 6.45) is 3.85. The molecule has 0 fully saturated rings. The number of nitrogens with zero attached hydrogens (tertiary/aromatic N) is 2. The maximum atomic E-state index is 4.36. The number of aromatic nitrogens is 2. The standard InChI is InChI=1S/C14H18BrN3/c1-4-18-6-5-16-13(18)9-17-14-11(3)7-10(2)8-12(14)15/h5-8,17H,4,9H2,1-3H3. The fourth-order valence-corrected chi connectivity index (χ4v) is 2.92. The smallest absolute Gasteiger partial charge is 0.128 e. The summed E-state index contributed by atoms with van der Waals surface area (Å²) >= 11 is 3.61. The van der Waals surface area contributed by atoms with Crippen molar-refractivity contribution >= 4 is 21.6 Å². The highest BCUT2D eigenvalue weighted by Gasteiger charge is 2.06. The van der Waals surface area contributed by atoms with E-state index in [1.165, 1.54) is 11.1 Å². The Balaban J connectivity index is 2.16. The van der Waals surface area contributed by atoms with Gasteiger partial charge in [0.1, 0.15) is 5.82 Å². The molecule has 3 nitrogen and oxygen atoms in total. The van der Waals surface area contributed by atoms with Crippen molar-refractivity contribution in [3.05, 3.63) is 46.0 Å². The molecule has 2 rings (SSSR count). The molecule has 4 heteroatoms. The lowest BCUT2D eigenvalue weighted by Gasteiger charge is -2.13. The van der Waals surface area contributed by atoms with E-state index in [-0.39, 0.29) is 0 Å². The van der Waals surface area contributed by atoms with E-state index in [2.05, 4.69) is 63.7 Å². The van der Waals surface area contributed by atoms with Crippen molar-refractivity contribution in [3.8, 4) is 0 Å². The van der Waals surface area contributed by atoms with Gasteiger partial charge in [-0.3, -0.25) is 0 Å². The lowest BCUT2D eigenvalue weighted by Crippen LogP contribution is -2.08. The van der Waals surface area contributed by atoms with Crippen molar-refractivity contribution in [2.24, 2.45) is 0 Å². The normalized spacial score (nSPS) is 10.7. The maximum Gasteiger partial charge on any atom is 0.128 e. The number of imidazole rings is 1. The summed E-state index contributed by atoms with van der Waals surface area (Å²) < 4.78 is 3.25.